The molecular formula is C27H31N5O2. The average molecular weight is 458 g/mol. The van der Waals surface area contributed by atoms with Crippen LogP contribution in [0.2, 0.25) is 0 Å². The number of aryl methyl sites for hydroxylation is 1. The number of hydrogen-bond donors (Lipinski definition) is 2. The molecule has 0 saturated carbocycles. The van der Waals surface area contributed by atoms with Crippen molar-refractivity contribution in [2.24, 2.45) is 5.73 Å². The van der Waals surface area contributed by atoms with E-state index in [0.29, 0.717) is 6.54 Å². The Morgan fingerprint density at radius 2 is 2.00 bits per heavy atom. The molecule has 176 valence electrons. The van der Waals surface area contributed by atoms with Crippen molar-refractivity contribution < 1.29 is 9.90 Å². The van der Waals surface area contributed by atoms with Crippen LogP contribution >= 0.6 is 0 Å². The molecule has 0 bridgehead atoms. The summed E-state index contributed by atoms with van der Waals surface area (Å²) in [6.07, 6.45) is 9.10. The van der Waals surface area contributed by atoms with Crippen LogP contribution in [0.4, 0.5) is 0 Å². The zero-order valence-electron chi connectivity index (χ0n) is 19.4. The van der Waals surface area contributed by atoms with Crippen LogP contribution in [-0.2, 0) is 24.3 Å². The highest BCUT2D eigenvalue weighted by molar-refractivity contribution is 6.08. The van der Waals surface area contributed by atoms with E-state index in [1.807, 2.05) is 41.2 Å². The summed E-state index contributed by atoms with van der Waals surface area (Å²) < 4.78 is 1.84. The molecule has 7 heteroatoms. The first-order valence-corrected chi connectivity index (χ1v) is 12.1. The van der Waals surface area contributed by atoms with Crippen molar-refractivity contribution in [1.29, 1.82) is 0 Å². The lowest BCUT2D eigenvalue weighted by Crippen LogP contribution is -2.33. The van der Waals surface area contributed by atoms with Gasteiger partial charge in [-0.1, -0.05) is 24.3 Å². The van der Waals surface area contributed by atoms with Gasteiger partial charge in [0.25, 0.3) is 0 Å². The van der Waals surface area contributed by atoms with E-state index in [1.165, 1.54) is 11.3 Å². The van der Waals surface area contributed by atoms with Crippen molar-refractivity contribution in [1.82, 2.24) is 19.4 Å². The van der Waals surface area contributed by atoms with Crippen LogP contribution in [0.5, 0.6) is 0 Å². The summed E-state index contributed by atoms with van der Waals surface area (Å²) in [5.41, 5.74) is 11.1. The molecule has 1 aliphatic carbocycles. The number of aromatic nitrogens is 3. The lowest BCUT2D eigenvalue weighted by molar-refractivity contribution is -0.137. The molecule has 5 rings (SSSR count). The van der Waals surface area contributed by atoms with E-state index in [0.717, 1.165) is 72.7 Å². The molecule has 1 unspecified atom stereocenters. The van der Waals surface area contributed by atoms with Gasteiger partial charge in [0.15, 0.2) is 0 Å². The van der Waals surface area contributed by atoms with E-state index in [9.17, 15) is 9.90 Å². The fraction of sp³-hybridized carbons (Fsp3) is 0.370. The second-order valence-electron chi connectivity index (χ2n) is 9.11. The highest BCUT2D eigenvalue weighted by atomic mass is 16.4. The van der Waals surface area contributed by atoms with Crippen LogP contribution in [0.1, 0.15) is 48.7 Å². The van der Waals surface area contributed by atoms with E-state index in [4.69, 9.17) is 15.7 Å². The van der Waals surface area contributed by atoms with Crippen molar-refractivity contribution >= 4 is 27.8 Å². The van der Waals surface area contributed by atoms with E-state index in [2.05, 4.69) is 23.1 Å². The summed E-state index contributed by atoms with van der Waals surface area (Å²) >= 11 is 0. The Morgan fingerprint density at radius 1 is 1.12 bits per heavy atom. The molecule has 0 fully saturated rings. The predicted molar refractivity (Wildman–Crippen MR) is 133 cm³/mol. The minimum atomic E-state index is -0.860. The Bertz CT molecular complexity index is 1320. The molecule has 0 spiro atoms. The van der Waals surface area contributed by atoms with Gasteiger partial charge in [0.1, 0.15) is 6.54 Å². The summed E-state index contributed by atoms with van der Waals surface area (Å²) in [6, 6.07) is 14.6. The molecule has 0 radical (unpaired) electrons. The minimum absolute atomic E-state index is 0.0826. The molecule has 0 amide bonds. The summed E-state index contributed by atoms with van der Waals surface area (Å²) in [5, 5.41) is 11.5. The van der Waals surface area contributed by atoms with Gasteiger partial charge < -0.3 is 15.4 Å². The van der Waals surface area contributed by atoms with Crippen LogP contribution in [0.15, 0.2) is 54.9 Å². The van der Waals surface area contributed by atoms with Gasteiger partial charge in [0, 0.05) is 29.0 Å². The van der Waals surface area contributed by atoms with Gasteiger partial charge in [-0.2, -0.15) is 0 Å². The maximum atomic E-state index is 11.5. The van der Waals surface area contributed by atoms with Crippen molar-refractivity contribution in [2.45, 2.75) is 51.2 Å². The number of unbranched alkanes of at least 4 members (excludes halogenated alkanes) is 1. The first-order chi connectivity index (χ1) is 16.7. The maximum Gasteiger partial charge on any atom is 0.323 e. The van der Waals surface area contributed by atoms with Crippen LogP contribution in [0, 0.1) is 0 Å². The van der Waals surface area contributed by atoms with Crippen LogP contribution < -0.4 is 5.73 Å². The molecule has 0 saturated heterocycles. The number of benzene rings is 1. The fourth-order valence-corrected chi connectivity index (χ4v) is 5.33. The van der Waals surface area contributed by atoms with Gasteiger partial charge in [0.05, 0.1) is 29.1 Å². The molecule has 1 aromatic carbocycles. The lowest BCUT2D eigenvalue weighted by Gasteiger charge is -2.35. The zero-order chi connectivity index (χ0) is 23.5. The number of carboxylic acid groups (broad SMARTS) is 1. The number of para-hydroxylation sites is 1. The first kappa shape index (κ1) is 22.5. The van der Waals surface area contributed by atoms with E-state index in [1.54, 1.807) is 0 Å². The molecular weight excluding hydrogens is 426 g/mol. The number of hydrogen-bond acceptors (Lipinski definition) is 5. The minimum Gasteiger partial charge on any atom is -0.480 e. The maximum absolute atomic E-state index is 11.5. The number of nitrogens with zero attached hydrogens (tertiary/aromatic N) is 4. The summed E-state index contributed by atoms with van der Waals surface area (Å²) in [6.45, 7) is 2.28. The van der Waals surface area contributed by atoms with E-state index in [-0.39, 0.29) is 12.6 Å². The molecule has 7 nitrogen and oxygen atoms in total. The molecule has 4 aromatic rings. The Hall–Kier alpha value is -3.29. The summed E-state index contributed by atoms with van der Waals surface area (Å²) in [7, 11) is 0. The largest absolute Gasteiger partial charge is 0.480 e. The molecule has 3 N–H and O–H groups in total. The van der Waals surface area contributed by atoms with Gasteiger partial charge in [0.2, 0.25) is 0 Å². The number of pyridine rings is 2. The third-order valence-corrected chi connectivity index (χ3v) is 6.88. The number of fused-ring (bicyclic) bond motifs is 4. The Labute approximate surface area is 199 Å². The zero-order valence-corrected chi connectivity index (χ0v) is 19.4. The number of nitrogens with two attached hydrogens (primary N) is 1. The molecule has 0 aliphatic heterocycles. The first-order valence-electron chi connectivity index (χ1n) is 12.1. The Morgan fingerprint density at radius 3 is 2.85 bits per heavy atom. The SMILES string of the molecule is NCCCCN(Cc1cc2c3ccccc3n(CC(=O)O)c2cn1)C1CCCc2cccnc21. The van der Waals surface area contributed by atoms with Crippen LogP contribution in [0.3, 0.4) is 0 Å². The van der Waals surface area contributed by atoms with Crippen molar-refractivity contribution in [3.05, 3.63) is 71.8 Å². The number of rotatable bonds is 9. The van der Waals surface area contributed by atoms with Crippen LogP contribution in [0.25, 0.3) is 21.8 Å². The van der Waals surface area contributed by atoms with Gasteiger partial charge in [-0.3, -0.25) is 19.7 Å². The Balaban J connectivity index is 1.51. The standard InChI is InChI=1S/C27H31N5O2/c28-12-3-4-14-31(24-11-5-7-19-8-6-13-29-27(19)24)17-20-15-22-21-9-1-2-10-23(21)32(18-26(33)34)25(22)16-30-20/h1-2,6,8-10,13,15-16,24H,3-5,7,11-12,14,17-18,28H2,(H,33,34). The smallest absolute Gasteiger partial charge is 0.323 e. The normalized spacial score (nSPS) is 15.8. The van der Waals surface area contributed by atoms with Crippen LogP contribution in [-0.4, -0.2) is 43.6 Å². The van der Waals surface area contributed by atoms with Gasteiger partial charge in [-0.05, 0) is 69.0 Å². The monoisotopic (exact) mass is 457 g/mol. The highest BCUT2D eigenvalue weighted by Gasteiger charge is 2.27. The van der Waals surface area contributed by atoms with Crippen molar-refractivity contribution in [2.75, 3.05) is 13.1 Å². The second-order valence-corrected chi connectivity index (χ2v) is 9.11. The third kappa shape index (κ3) is 4.41. The molecule has 1 aliphatic rings. The number of aliphatic carboxylic acids is 1. The summed E-state index contributed by atoms with van der Waals surface area (Å²) in [4.78, 5) is 23.6. The number of carbonyl (C=O) groups is 1. The molecule has 1 atom stereocenters. The molecule has 34 heavy (non-hydrogen) atoms. The molecule has 3 aromatic heterocycles. The number of carboxylic acids is 1. The van der Waals surface area contributed by atoms with Gasteiger partial charge >= 0.3 is 5.97 Å². The molecule has 3 heterocycles. The van der Waals surface area contributed by atoms with E-state index >= 15 is 0 Å². The quantitative estimate of drug-likeness (QED) is 0.364. The summed E-state index contributed by atoms with van der Waals surface area (Å²) in [5.74, 6) is -0.860. The van der Waals surface area contributed by atoms with Crippen molar-refractivity contribution in [3.8, 4) is 0 Å². The lowest BCUT2D eigenvalue weighted by atomic mass is 9.90. The van der Waals surface area contributed by atoms with E-state index < -0.39 is 5.97 Å². The Kier molecular flexibility index (Phi) is 6.56. The van der Waals surface area contributed by atoms with Gasteiger partial charge in [-0.15, -0.1) is 0 Å². The predicted octanol–water partition coefficient (Wildman–Crippen LogP) is 4.29. The third-order valence-electron chi connectivity index (χ3n) is 6.88. The average Bonchev–Trinajstić information content (AvgIpc) is 3.16. The van der Waals surface area contributed by atoms with Crippen molar-refractivity contribution in [3.63, 3.8) is 0 Å². The highest BCUT2D eigenvalue weighted by Crippen LogP contribution is 2.35. The topological polar surface area (TPSA) is 97.3 Å². The van der Waals surface area contributed by atoms with Gasteiger partial charge in [-0.25, -0.2) is 0 Å². The second kappa shape index (κ2) is 9.91. The fourth-order valence-electron chi connectivity index (χ4n) is 5.33.